The molecule has 0 heterocycles. The van der Waals surface area contributed by atoms with E-state index in [0.29, 0.717) is 5.75 Å². The molecule has 0 N–H and O–H groups in total. The number of alkyl halides is 4. The van der Waals surface area contributed by atoms with E-state index in [9.17, 15) is 22.0 Å². The molecule has 0 bridgehead atoms. The minimum absolute atomic E-state index is 0.241. The highest BCUT2D eigenvalue weighted by Crippen LogP contribution is 2.56. The van der Waals surface area contributed by atoms with Gasteiger partial charge in [-0.25, -0.2) is 4.39 Å². The summed E-state index contributed by atoms with van der Waals surface area (Å²) in [6, 6.07) is 4.39. The average molecular weight is 310 g/mol. The maximum atomic E-state index is 13.0. The first-order valence-electron chi connectivity index (χ1n) is 5.75. The standard InChI is InChI=1S/C13H11F5O3/c1-19-8-4-3-7(9(5-8)20-2)6-21-11-10(14)12(15,16)13(11,17)18/h3-5H,6H2,1-2H3. The summed E-state index contributed by atoms with van der Waals surface area (Å²) in [4.78, 5) is 0. The van der Waals surface area contributed by atoms with E-state index in [0.717, 1.165) is 0 Å². The second-order valence-corrected chi connectivity index (χ2v) is 4.26. The Morgan fingerprint density at radius 1 is 1.00 bits per heavy atom. The van der Waals surface area contributed by atoms with Crippen molar-refractivity contribution in [2.45, 2.75) is 18.5 Å². The van der Waals surface area contributed by atoms with Crippen LogP contribution in [0.1, 0.15) is 5.56 Å². The first-order chi connectivity index (χ1) is 9.75. The summed E-state index contributed by atoms with van der Waals surface area (Å²) >= 11 is 0. The molecule has 3 nitrogen and oxygen atoms in total. The van der Waals surface area contributed by atoms with Crippen molar-refractivity contribution in [3.05, 3.63) is 35.3 Å². The molecule has 1 aromatic carbocycles. The largest absolute Gasteiger partial charge is 0.497 e. The highest BCUT2D eigenvalue weighted by Gasteiger charge is 2.74. The van der Waals surface area contributed by atoms with E-state index >= 15 is 0 Å². The van der Waals surface area contributed by atoms with Gasteiger partial charge in [-0.15, -0.1) is 0 Å². The van der Waals surface area contributed by atoms with Gasteiger partial charge in [-0.05, 0) is 12.1 Å². The molecule has 21 heavy (non-hydrogen) atoms. The second kappa shape index (κ2) is 5.09. The molecule has 0 atom stereocenters. The molecule has 0 saturated heterocycles. The minimum atomic E-state index is -4.81. The molecule has 1 aromatic rings. The van der Waals surface area contributed by atoms with Crippen molar-refractivity contribution in [2.24, 2.45) is 0 Å². The zero-order valence-corrected chi connectivity index (χ0v) is 11.1. The molecule has 0 unspecified atom stereocenters. The molecule has 0 aliphatic heterocycles. The van der Waals surface area contributed by atoms with Crippen molar-refractivity contribution >= 4 is 0 Å². The molecule has 8 heteroatoms. The van der Waals surface area contributed by atoms with Crippen LogP contribution in [0.2, 0.25) is 0 Å². The Morgan fingerprint density at radius 3 is 2.19 bits per heavy atom. The quantitative estimate of drug-likeness (QED) is 0.776. The number of hydrogen-bond donors (Lipinski definition) is 0. The monoisotopic (exact) mass is 310 g/mol. The van der Waals surface area contributed by atoms with E-state index in [2.05, 4.69) is 4.74 Å². The predicted octanol–water partition coefficient (Wildman–Crippen LogP) is 3.69. The molecule has 0 aromatic heterocycles. The summed E-state index contributed by atoms with van der Waals surface area (Å²) in [5.41, 5.74) is 0.282. The summed E-state index contributed by atoms with van der Waals surface area (Å²) in [6.07, 6.45) is 0. The van der Waals surface area contributed by atoms with Crippen LogP contribution in [-0.4, -0.2) is 26.1 Å². The van der Waals surface area contributed by atoms with Gasteiger partial charge in [0.15, 0.2) is 0 Å². The van der Waals surface area contributed by atoms with E-state index in [1.54, 1.807) is 0 Å². The molecule has 1 aliphatic carbocycles. The Labute approximate surface area is 116 Å². The summed E-state index contributed by atoms with van der Waals surface area (Å²) in [5.74, 6) is -12.7. The van der Waals surface area contributed by atoms with Gasteiger partial charge < -0.3 is 14.2 Å². The number of benzene rings is 1. The lowest BCUT2D eigenvalue weighted by atomic mass is 9.96. The zero-order valence-electron chi connectivity index (χ0n) is 11.1. The maximum absolute atomic E-state index is 13.0. The van der Waals surface area contributed by atoms with Crippen molar-refractivity contribution in [3.8, 4) is 11.5 Å². The van der Waals surface area contributed by atoms with E-state index in [4.69, 9.17) is 9.47 Å². The lowest BCUT2D eigenvalue weighted by molar-refractivity contribution is -0.233. The molecule has 116 valence electrons. The van der Waals surface area contributed by atoms with E-state index in [1.165, 1.54) is 32.4 Å². The molecule has 0 amide bonds. The fraction of sp³-hybridized carbons (Fsp3) is 0.385. The van der Waals surface area contributed by atoms with Crippen molar-refractivity contribution in [1.29, 1.82) is 0 Å². The number of hydrogen-bond acceptors (Lipinski definition) is 3. The SMILES string of the molecule is COc1ccc(COC2=C(F)C(F)(F)C2(F)F)c(OC)c1. The fourth-order valence-electron chi connectivity index (χ4n) is 1.77. The van der Waals surface area contributed by atoms with Gasteiger partial charge in [-0.3, -0.25) is 0 Å². The van der Waals surface area contributed by atoms with Crippen LogP contribution in [0.15, 0.2) is 29.8 Å². The van der Waals surface area contributed by atoms with Gasteiger partial charge in [-0.1, -0.05) is 0 Å². The third-order valence-corrected chi connectivity index (χ3v) is 3.02. The number of rotatable bonds is 5. The topological polar surface area (TPSA) is 27.7 Å². The van der Waals surface area contributed by atoms with Crippen molar-refractivity contribution in [3.63, 3.8) is 0 Å². The van der Waals surface area contributed by atoms with Crippen LogP contribution in [-0.2, 0) is 11.3 Å². The highest BCUT2D eigenvalue weighted by molar-refractivity contribution is 5.41. The Balaban J connectivity index is 2.17. The second-order valence-electron chi connectivity index (χ2n) is 4.26. The third-order valence-electron chi connectivity index (χ3n) is 3.02. The third kappa shape index (κ3) is 2.28. The van der Waals surface area contributed by atoms with Gasteiger partial charge in [0.05, 0.1) is 14.2 Å². The smallest absolute Gasteiger partial charge is 0.375 e. The number of ether oxygens (including phenoxy) is 3. The van der Waals surface area contributed by atoms with Gasteiger partial charge in [0.2, 0.25) is 11.6 Å². The van der Waals surface area contributed by atoms with Gasteiger partial charge >= 0.3 is 11.8 Å². The molecule has 0 fully saturated rings. The van der Waals surface area contributed by atoms with Crippen LogP contribution in [0, 0.1) is 0 Å². The lowest BCUT2D eigenvalue weighted by Gasteiger charge is -2.35. The molecular weight excluding hydrogens is 299 g/mol. The first kappa shape index (κ1) is 15.4. The van der Waals surface area contributed by atoms with Crippen LogP contribution in [0.25, 0.3) is 0 Å². The lowest BCUT2D eigenvalue weighted by Crippen LogP contribution is -2.53. The molecule has 0 radical (unpaired) electrons. The first-order valence-corrected chi connectivity index (χ1v) is 5.75. The van der Waals surface area contributed by atoms with Gasteiger partial charge in [-0.2, -0.15) is 17.6 Å². The predicted molar refractivity (Wildman–Crippen MR) is 62.4 cm³/mol. The number of halogens is 5. The molecule has 0 spiro atoms. The molecular formula is C13H11F5O3. The molecule has 1 aliphatic rings. The van der Waals surface area contributed by atoms with Crippen molar-refractivity contribution in [1.82, 2.24) is 0 Å². The average Bonchev–Trinajstić information content (AvgIpc) is 2.46. The summed E-state index contributed by atoms with van der Waals surface area (Å²) < 4.78 is 78.6. The van der Waals surface area contributed by atoms with Crippen LogP contribution < -0.4 is 9.47 Å². The zero-order chi connectivity index (χ0) is 15.8. The van der Waals surface area contributed by atoms with Crippen molar-refractivity contribution in [2.75, 3.05) is 14.2 Å². The van der Waals surface area contributed by atoms with Crippen LogP contribution in [0.4, 0.5) is 22.0 Å². The van der Waals surface area contributed by atoms with Crippen LogP contribution in [0.3, 0.4) is 0 Å². The Kier molecular flexibility index (Phi) is 3.73. The minimum Gasteiger partial charge on any atom is -0.497 e. The summed E-state index contributed by atoms with van der Waals surface area (Å²) in [6.45, 7) is -0.540. The van der Waals surface area contributed by atoms with Crippen LogP contribution in [0.5, 0.6) is 11.5 Å². The van der Waals surface area contributed by atoms with Gasteiger partial charge in [0.1, 0.15) is 18.1 Å². The molecule has 0 saturated carbocycles. The Hall–Kier alpha value is -1.99. The van der Waals surface area contributed by atoms with E-state index in [1.807, 2.05) is 0 Å². The molecule has 2 rings (SSSR count). The Bertz CT molecular complexity index is 583. The maximum Gasteiger partial charge on any atom is 0.375 e. The van der Waals surface area contributed by atoms with Crippen molar-refractivity contribution < 1.29 is 36.2 Å². The Morgan fingerprint density at radius 2 is 1.67 bits per heavy atom. The van der Waals surface area contributed by atoms with Gasteiger partial charge in [0, 0.05) is 11.6 Å². The van der Waals surface area contributed by atoms with E-state index in [-0.39, 0.29) is 11.3 Å². The number of methoxy groups -OCH3 is 2. The van der Waals surface area contributed by atoms with Gasteiger partial charge in [0.25, 0.3) is 0 Å². The fourth-order valence-corrected chi connectivity index (χ4v) is 1.77. The highest BCUT2D eigenvalue weighted by atomic mass is 19.3. The van der Waals surface area contributed by atoms with E-state index < -0.39 is 30.0 Å². The summed E-state index contributed by atoms with van der Waals surface area (Å²) in [5, 5.41) is 0. The van der Waals surface area contributed by atoms with Crippen LogP contribution >= 0.6 is 0 Å². The number of allylic oxidation sites excluding steroid dienone is 2. The normalized spacial score (nSPS) is 19.0. The summed E-state index contributed by atoms with van der Waals surface area (Å²) in [7, 11) is 2.74.